The molecule has 2 heterocycles. The van der Waals surface area contributed by atoms with Crippen LogP contribution in [0.1, 0.15) is 26.7 Å². The normalized spacial score (nSPS) is 10.7. The zero-order valence-electron chi connectivity index (χ0n) is 15.6. The number of hydrogen-bond acceptors (Lipinski definition) is 4. The monoisotopic (exact) mass is 397 g/mol. The summed E-state index contributed by atoms with van der Waals surface area (Å²) in [6, 6.07) is 29.5. The summed E-state index contributed by atoms with van der Waals surface area (Å²) in [6.45, 7) is 0. The number of hydrogen-bond donors (Lipinski definition) is 1. The first-order chi connectivity index (χ1) is 14.3. The Morgan fingerprint density at radius 1 is 0.724 bits per heavy atom. The van der Waals surface area contributed by atoms with E-state index in [2.05, 4.69) is 39.6 Å². The Labute approximate surface area is 174 Å². The van der Waals surface area contributed by atoms with Crippen molar-refractivity contribution >= 4 is 23.5 Å². The third-order valence-corrected chi connectivity index (χ3v) is 5.69. The number of anilines is 1. The van der Waals surface area contributed by atoms with Crippen LogP contribution in [0.4, 0.5) is 5.82 Å². The molecule has 0 saturated heterocycles. The van der Waals surface area contributed by atoms with Gasteiger partial charge in [0.1, 0.15) is 10.8 Å². The maximum absolute atomic E-state index is 12.9. The van der Waals surface area contributed by atoms with Crippen molar-refractivity contribution < 1.29 is 4.79 Å². The minimum absolute atomic E-state index is 0.0219. The maximum atomic E-state index is 12.9. The van der Waals surface area contributed by atoms with Crippen LogP contribution in [-0.4, -0.2) is 15.9 Å². The fraction of sp³-hybridized carbons (Fsp3) is 0.0417. The number of rotatable bonds is 6. The van der Waals surface area contributed by atoms with Crippen molar-refractivity contribution in [1.29, 1.82) is 0 Å². The zero-order valence-corrected chi connectivity index (χ0v) is 16.4. The molecule has 1 N–H and O–H groups in total. The van der Waals surface area contributed by atoms with Gasteiger partial charge in [0.05, 0.1) is 10.8 Å². The Morgan fingerprint density at radius 3 is 1.97 bits per heavy atom. The van der Waals surface area contributed by atoms with Crippen LogP contribution in [0.15, 0.2) is 108 Å². The van der Waals surface area contributed by atoms with Gasteiger partial charge in [-0.2, -0.15) is 0 Å². The number of thioether (sulfide) groups is 1. The summed E-state index contributed by atoms with van der Waals surface area (Å²) >= 11 is 1.57. The number of aromatic nitrogens is 2. The van der Waals surface area contributed by atoms with Crippen LogP contribution in [0.5, 0.6) is 0 Å². The van der Waals surface area contributed by atoms with Gasteiger partial charge in [-0.15, -0.1) is 0 Å². The lowest BCUT2D eigenvalue weighted by atomic mass is 10.0. The van der Waals surface area contributed by atoms with Gasteiger partial charge in [-0.1, -0.05) is 78.5 Å². The van der Waals surface area contributed by atoms with Gasteiger partial charge >= 0.3 is 0 Å². The van der Waals surface area contributed by atoms with E-state index in [9.17, 15) is 4.79 Å². The maximum Gasteiger partial charge on any atom is 0.259 e. The Balaban J connectivity index is 1.66. The lowest BCUT2D eigenvalue weighted by Gasteiger charge is -2.18. The van der Waals surface area contributed by atoms with Crippen molar-refractivity contribution in [3.63, 3.8) is 0 Å². The van der Waals surface area contributed by atoms with Crippen LogP contribution in [0.3, 0.4) is 0 Å². The topological polar surface area (TPSA) is 54.9 Å². The van der Waals surface area contributed by atoms with E-state index < -0.39 is 0 Å². The van der Waals surface area contributed by atoms with Gasteiger partial charge in [0.25, 0.3) is 5.91 Å². The van der Waals surface area contributed by atoms with Crippen LogP contribution in [0, 0.1) is 0 Å². The minimum atomic E-state index is -0.223. The van der Waals surface area contributed by atoms with E-state index in [1.807, 2.05) is 48.5 Å². The molecular formula is C24H19N3OS. The van der Waals surface area contributed by atoms with E-state index >= 15 is 0 Å². The molecule has 29 heavy (non-hydrogen) atoms. The van der Waals surface area contributed by atoms with Gasteiger partial charge < -0.3 is 5.32 Å². The molecule has 142 valence electrons. The van der Waals surface area contributed by atoms with Crippen LogP contribution >= 0.6 is 11.8 Å². The van der Waals surface area contributed by atoms with Crippen LogP contribution in [-0.2, 0) is 0 Å². The van der Waals surface area contributed by atoms with Crippen molar-refractivity contribution in [2.45, 2.75) is 10.3 Å². The van der Waals surface area contributed by atoms with Crippen LogP contribution in [0.2, 0.25) is 0 Å². The molecule has 0 aliphatic carbocycles. The van der Waals surface area contributed by atoms with Crippen LogP contribution < -0.4 is 5.32 Å². The molecule has 1 amide bonds. The van der Waals surface area contributed by atoms with Gasteiger partial charge in [-0.25, -0.2) is 9.97 Å². The molecule has 0 unspecified atom stereocenters. The third-order valence-electron chi connectivity index (χ3n) is 4.36. The summed E-state index contributed by atoms with van der Waals surface area (Å²) in [7, 11) is 0. The van der Waals surface area contributed by atoms with Gasteiger partial charge in [0.15, 0.2) is 0 Å². The number of amides is 1. The standard InChI is InChI=1S/C24H19N3OS/c28-23(27-21-15-7-8-16-25-21)20-14-9-17-26-24(20)29-22(18-10-3-1-4-11-18)19-12-5-2-6-13-19/h1-17,22H,(H,25,27,28). The molecule has 0 fully saturated rings. The highest BCUT2D eigenvalue weighted by Crippen LogP contribution is 2.40. The molecule has 5 heteroatoms. The first-order valence-electron chi connectivity index (χ1n) is 9.25. The summed E-state index contributed by atoms with van der Waals surface area (Å²) in [5, 5.41) is 3.55. The molecule has 2 aromatic carbocycles. The van der Waals surface area contributed by atoms with E-state index in [0.29, 0.717) is 16.4 Å². The predicted octanol–water partition coefficient (Wildman–Crippen LogP) is 5.61. The smallest absolute Gasteiger partial charge is 0.259 e. The number of carbonyl (C=O) groups excluding carboxylic acids is 1. The van der Waals surface area contributed by atoms with Crippen molar-refractivity contribution in [1.82, 2.24) is 9.97 Å². The average Bonchev–Trinajstić information content (AvgIpc) is 2.79. The Bertz CT molecular complexity index is 1030. The molecule has 4 nitrogen and oxygen atoms in total. The highest BCUT2D eigenvalue weighted by Gasteiger charge is 2.20. The first kappa shape index (κ1) is 18.9. The Kier molecular flexibility index (Phi) is 5.98. The van der Waals surface area contributed by atoms with E-state index in [1.54, 1.807) is 42.4 Å². The molecule has 4 aromatic rings. The zero-order chi connectivity index (χ0) is 19.9. The molecule has 0 aliphatic rings. The molecule has 0 atom stereocenters. The summed E-state index contributed by atoms with van der Waals surface area (Å²) in [5.41, 5.74) is 2.84. The second-order valence-corrected chi connectivity index (χ2v) is 7.44. The molecular weight excluding hydrogens is 378 g/mol. The van der Waals surface area contributed by atoms with Gasteiger partial charge in [0.2, 0.25) is 0 Å². The van der Waals surface area contributed by atoms with Gasteiger partial charge in [-0.3, -0.25) is 4.79 Å². The number of nitrogens with zero attached hydrogens (tertiary/aromatic N) is 2. The number of pyridine rings is 2. The second kappa shape index (κ2) is 9.17. The molecule has 0 aliphatic heterocycles. The van der Waals surface area contributed by atoms with Crippen LogP contribution in [0.25, 0.3) is 0 Å². The Morgan fingerprint density at radius 2 is 1.34 bits per heavy atom. The number of nitrogens with one attached hydrogen (secondary N) is 1. The van der Waals surface area contributed by atoms with E-state index in [1.165, 1.54) is 0 Å². The lowest BCUT2D eigenvalue weighted by molar-refractivity contribution is 0.102. The SMILES string of the molecule is O=C(Nc1ccccn1)c1cccnc1SC(c1ccccc1)c1ccccc1. The molecule has 4 rings (SSSR count). The van der Waals surface area contributed by atoms with Crippen molar-refractivity contribution in [2.75, 3.05) is 5.32 Å². The van der Waals surface area contributed by atoms with Crippen molar-refractivity contribution in [3.8, 4) is 0 Å². The average molecular weight is 398 g/mol. The largest absolute Gasteiger partial charge is 0.306 e. The quantitative estimate of drug-likeness (QED) is 0.430. The number of carbonyl (C=O) groups is 1. The molecule has 0 spiro atoms. The molecule has 2 aromatic heterocycles. The molecule has 0 radical (unpaired) electrons. The van der Waals surface area contributed by atoms with Crippen molar-refractivity contribution in [3.05, 3.63) is 120 Å². The molecule has 0 bridgehead atoms. The van der Waals surface area contributed by atoms with Gasteiger partial charge in [0, 0.05) is 12.4 Å². The van der Waals surface area contributed by atoms with E-state index in [4.69, 9.17) is 0 Å². The fourth-order valence-corrected chi connectivity index (χ4v) is 4.19. The molecule has 0 saturated carbocycles. The Hall–Kier alpha value is -3.44. The summed E-state index contributed by atoms with van der Waals surface area (Å²) in [4.78, 5) is 21.6. The van der Waals surface area contributed by atoms with E-state index in [0.717, 1.165) is 11.1 Å². The highest BCUT2D eigenvalue weighted by atomic mass is 32.2. The number of benzene rings is 2. The van der Waals surface area contributed by atoms with E-state index in [-0.39, 0.29) is 11.2 Å². The summed E-state index contributed by atoms with van der Waals surface area (Å²) < 4.78 is 0. The second-order valence-electron chi connectivity index (χ2n) is 6.34. The first-order valence-corrected chi connectivity index (χ1v) is 10.1. The summed E-state index contributed by atoms with van der Waals surface area (Å²) in [6.07, 6.45) is 3.36. The predicted molar refractivity (Wildman–Crippen MR) is 117 cm³/mol. The summed E-state index contributed by atoms with van der Waals surface area (Å²) in [5.74, 6) is 0.291. The minimum Gasteiger partial charge on any atom is -0.306 e. The highest BCUT2D eigenvalue weighted by molar-refractivity contribution is 7.99. The third kappa shape index (κ3) is 4.70. The van der Waals surface area contributed by atoms with Gasteiger partial charge in [-0.05, 0) is 35.4 Å². The fourth-order valence-electron chi connectivity index (χ4n) is 2.97. The van der Waals surface area contributed by atoms with Crippen molar-refractivity contribution in [2.24, 2.45) is 0 Å². The lowest BCUT2D eigenvalue weighted by Crippen LogP contribution is -2.14.